The Kier molecular flexibility index (Phi) is 13.9. The molecule has 0 atom stereocenters. The van der Waals surface area contributed by atoms with Crippen molar-refractivity contribution >= 4 is 59.5 Å². The predicted molar refractivity (Wildman–Crippen MR) is 182 cm³/mol. The maximum absolute atomic E-state index is 13.1. The molecule has 2 fully saturated rings. The van der Waals surface area contributed by atoms with E-state index in [1.54, 1.807) is 25.3 Å². The number of benzene rings is 3. The van der Waals surface area contributed by atoms with Crippen LogP contribution in [0.1, 0.15) is 24.8 Å². The van der Waals surface area contributed by atoms with Crippen molar-refractivity contribution in [3.05, 3.63) is 83.3 Å². The van der Waals surface area contributed by atoms with Gasteiger partial charge in [0.25, 0.3) is 11.1 Å². The Morgan fingerprint density at radius 2 is 1.34 bits per heavy atom. The monoisotopic (exact) mass is 659 g/mol. The lowest BCUT2D eigenvalue weighted by Gasteiger charge is -2.32. The second kappa shape index (κ2) is 17.3. The predicted octanol–water partition coefficient (Wildman–Crippen LogP) is 7.37. The molecule has 0 saturated carbocycles. The van der Waals surface area contributed by atoms with Gasteiger partial charge >= 0.3 is 0 Å². The molecule has 2 aliphatic rings. The van der Waals surface area contributed by atoms with Crippen molar-refractivity contribution in [3.8, 4) is 23.0 Å². The van der Waals surface area contributed by atoms with E-state index in [4.69, 9.17) is 14.2 Å². The van der Waals surface area contributed by atoms with Crippen LogP contribution in [0.3, 0.4) is 0 Å². The molecule has 8 nitrogen and oxygen atoms in total. The topological polar surface area (TPSA) is 71.6 Å². The molecule has 0 aliphatic carbocycles. The Balaban J connectivity index is 0.00000264. The largest absolute Gasteiger partial charge is 0.497 e. The lowest BCUT2D eigenvalue weighted by Crippen LogP contribution is -2.44. The van der Waals surface area contributed by atoms with E-state index in [1.807, 2.05) is 60.7 Å². The number of methoxy groups -OCH3 is 1. The zero-order chi connectivity index (χ0) is 29.3. The normalized spacial score (nSPS) is 16.4. The van der Waals surface area contributed by atoms with E-state index in [-0.39, 0.29) is 36.0 Å². The highest BCUT2D eigenvalue weighted by molar-refractivity contribution is 8.19. The number of hydrogen-bond acceptors (Lipinski definition) is 8. The Morgan fingerprint density at radius 1 is 0.750 bits per heavy atom. The van der Waals surface area contributed by atoms with Crippen molar-refractivity contribution in [2.24, 2.45) is 0 Å². The van der Waals surface area contributed by atoms with E-state index in [9.17, 15) is 9.59 Å². The van der Waals surface area contributed by atoms with Gasteiger partial charge in [0.1, 0.15) is 23.0 Å². The molecule has 0 spiro atoms. The van der Waals surface area contributed by atoms with Gasteiger partial charge in [0.2, 0.25) is 0 Å². The Bertz CT molecular complexity index is 1380. The number of anilines is 1. The summed E-state index contributed by atoms with van der Waals surface area (Å²) in [5, 5.41) is -0.320. The molecule has 0 radical (unpaired) electrons. The summed E-state index contributed by atoms with van der Waals surface area (Å²) in [5.41, 5.74) is 1.33. The van der Waals surface area contributed by atoms with Crippen LogP contribution in [0, 0.1) is 0 Å². The number of rotatable bonds is 12. The quantitative estimate of drug-likeness (QED) is 0.147. The fraction of sp³-hybridized carbons (Fsp3) is 0.333. The number of ether oxygens (including phenoxy) is 3. The van der Waals surface area contributed by atoms with Crippen molar-refractivity contribution in [2.45, 2.75) is 19.3 Å². The molecule has 44 heavy (non-hydrogen) atoms. The van der Waals surface area contributed by atoms with Crippen LogP contribution in [0.4, 0.5) is 10.5 Å². The summed E-state index contributed by atoms with van der Waals surface area (Å²) in [6.45, 7) is 6.42. The van der Waals surface area contributed by atoms with Crippen LogP contribution in [0.25, 0.3) is 6.08 Å². The van der Waals surface area contributed by atoms with Crippen molar-refractivity contribution < 1.29 is 23.8 Å². The third-order valence-electron chi connectivity index (χ3n) is 7.34. The van der Waals surface area contributed by atoms with Crippen LogP contribution in [-0.2, 0) is 4.79 Å². The molecule has 2 saturated heterocycles. The summed E-state index contributed by atoms with van der Waals surface area (Å²) < 4.78 is 16.9. The molecular formula is C33H39Cl2N3O5S. The van der Waals surface area contributed by atoms with Crippen molar-refractivity contribution in [1.29, 1.82) is 0 Å². The molecule has 0 bridgehead atoms. The van der Waals surface area contributed by atoms with Crippen molar-refractivity contribution in [2.75, 3.05) is 58.4 Å². The first-order valence-corrected chi connectivity index (χ1v) is 15.1. The minimum Gasteiger partial charge on any atom is -0.497 e. The Labute approximate surface area is 276 Å². The van der Waals surface area contributed by atoms with E-state index in [0.717, 1.165) is 74.4 Å². The zero-order valence-corrected chi connectivity index (χ0v) is 27.4. The second-order valence-corrected chi connectivity index (χ2v) is 11.4. The van der Waals surface area contributed by atoms with Gasteiger partial charge in [-0.05, 0) is 117 Å². The van der Waals surface area contributed by atoms with Crippen LogP contribution < -0.4 is 19.1 Å². The summed E-state index contributed by atoms with van der Waals surface area (Å²) in [7, 11) is 3.80. The first-order chi connectivity index (χ1) is 20.5. The molecule has 0 aromatic heterocycles. The standard InChI is InChI=1S/C33H37N3O5S.2ClH/c1-34-19-21-35(22-20-34)18-4-3-5-23-40-28-12-8-26(9-13-28)36-32(37)31(42-33(36)38)24-25-6-10-29(11-7-25)41-30-16-14-27(39-2)15-17-30;;/h6-17,24H,3-5,18-23H2,1-2H3;2*1H. The number of nitrogens with zero attached hydrogens (tertiary/aromatic N) is 3. The zero-order valence-electron chi connectivity index (χ0n) is 25.0. The van der Waals surface area contributed by atoms with Crippen LogP contribution >= 0.6 is 36.6 Å². The van der Waals surface area contributed by atoms with Gasteiger partial charge in [-0.2, -0.15) is 0 Å². The Hall–Kier alpha value is -3.21. The molecule has 236 valence electrons. The van der Waals surface area contributed by atoms with Crippen LogP contribution in [0.15, 0.2) is 77.7 Å². The first kappa shape index (κ1) is 35.3. The molecule has 0 N–H and O–H groups in total. The molecule has 5 rings (SSSR count). The Morgan fingerprint density at radius 3 is 1.98 bits per heavy atom. The van der Waals surface area contributed by atoms with Gasteiger partial charge < -0.3 is 24.0 Å². The number of likely N-dealkylation sites (N-methyl/N-ethyl adjacent to an activating group) is 1. The highest BCUT2D eigenvalue weighted by Crippen LogP contribution is 2.36. The first-order valence-electron chi connectivity index (χ1n) is 14.3. The van der Waals surface area contributed by atoms with Gasteiger partial charge in [0.15, 0.2) is 0 Å². The second-order valence-electron chi connectivity index (χ2n) is 10.4. The number of piperazine rings is 1. The average molecular weight is 661 g/mol. The van der Waals surface area contributed by atoms with Gasteiger partial charge in [0, 0.05) is 26.2 Å². The van der Waals surface area contributed by atoms with Gasteiger partial charge in [-0.15, -0.1) is 24.8 Å². The minimum absolute atomic E-state index is 0. The number of thioether (sulfide) groups is 1. The number of halogens is 2. The molecule has 3 aromatic carbocycles. The highest BCUT2D eigenvalue weighted by Gasteiger charge is 2.36. The van der Waals surface area contributed by atoms with Crippen LogP contribution in [0.2, 0.25) is 0 Å². The van der Waals surface area contributed by atoms with Gasteiger partial charge in [-0.3, -0.25) is 9.59 Å². The third-order valence-corrected chi connectivity index (χ3v) is 8.21. The van der Waals surface area contributed by atoms with E-state index < -0.39 is 0 Å². The number of unbranched alkanes of at least 4 members (excludes halogenated alkanes) is 2. The number of hydrogen-bond donors (Lipinski definition) is 0. The molecule has 0 unspecified atom stereocenters. The lowest BCUT2D eigenvalue weighted by atomic mass is 10.2. The van der Waals surface area contributed by atoms with Crippen LogP contribution in [-0.4, -0.2) is 74.4 Å². The molecule has 11 heteroatoms. The molecule has 2 amide bonds. The fourth-order valence-electron chi connectivity index (χ4n) is 4.82. The third kappa shape index (κ3) is 9.64. The van der Waals surface area contributed by atoms with Gasteiger partial charge in [-0.25, -0.2) is 4.90 Å². The highest BCUT2D eigenvalue weighted by atomic mass is 35.5. The average Bonchev–Trinajstić information content (AvgIpc) is 3.29. The van der Waals surface area contributed by atoms with E-state index in [2.05, 4.69) is 16.8 Å². The van der Waals surface area contributed by atoms with E-state index in [1.165, 1.54) is 11.3 Å². The van der Waals surface area contributed by atoms with Gasteiger partial charge in [-0.1, -0.05) is 12.1 Å². The van der Waals surface area contributed by atoms with Crippen molar-refractivity contribution in [1.82, 2.24) is 9.80 Å². The number of amides is 2. The molecular weight excluding hydrogens is 621 g/mol. The summed E-state index contributed by atoms with van der Waals surface area (Å²) in [4.78, 5) is 32.3. The molecule has 2 heterocycles. The number of carbonyl (C=O) groups excluding carboxylic acids is 2. The maximum Gasteiger partial charge on any atom is 0.298 e. The smallest absolute Gasteiger partial charge is 0.298 e. The minimum atomic E-state index is -0.336. The summed E-state index contributed by atoms with van der Waals surface area (Å²) >= 11 is 0.936. The fourth-order valence-corrected chi connectivity index (χ4v) is 5.66. The lowest BCUT2D eigenvalue weighted by molar-refractivity contribution is -0.113. The maximum atomic E-state index is 13.1. The summed E-state index contributed by atoms with van der Waals surface area (Å²) in [6.07, 6.45) is 5.04. The van der Waals surface area contributed by atoms with E-state index >= 15 is 0 Å². The van der Waals surface area contributed by atoms with Crippen LogP contribution in [0.5, 0.6) is 23.0 Å². The number of carbonyl (C=O) groups is 2. The molecule has 2 aliphatic heterocycles. The molecule has 3 aromatic rings. The summed E-state index contributed by atoms with van der Waals surface area (Å²) in [6, 6.07) is 21.8. The van der Waals surface area contributed by atoms with E-state index in [0.29, 0.717) is 28.7 Å². The van der Waals surface area contributed by atoms with Gasteiger partial charge in [0.05, 0.1) is 24.3 Å². The summed E-state index contributed by atoms with van der Waals surface area (Å²) in [5.74, 6) is 2.51. The van der Waals surface area contributed by atoms with Crippen molar-refractivity contribution in [3.63, 3.8) is 0 Å². The SMILES string of the molecule is COc1ccc(Oc2ccc(C=C3SC(=O)N(c4ccc(OCCCCCN5CCN(C)CC5)cc4)C3=O)cc2)cc1.Cl.Cl. The number of imide groups is 1.